The molecule has 2 saturated heterocycles. The number of aryl methyl sites for hydroxylation is 1. The van der Waals surface area contributed by atoms with Crippen molar-refractivity contribution in [2.24, 2.45) is 17.8 Å². The number of fused-ring (bicyclic) bond motifs is 3. The van der Waals surface area contributed by atoms with E-state index in [0.29, 0.717) is 48.7 Å². The van der Waals surface area contributed by atoms with Crippen LogP contribution < -0.4 is 15.4 Å². The number of aromatic nitrogens is 1. The van der Waals surface area contributed by atoms with Crippen molar-refractivity contribution in [2.45, 2.75) is 95.7 Å². The molecule has 5 aliphatic rings. The van der Waals surface area contributed by atoms with Crippen LogP contribution in [0.4, 0.5) is 4.79 Å². The summed E-state index contributed by atoms with van der Waals surface area (Å²) in [5, 5.41) is 15.8. The fourth-order valence-corrected chi connectivity index (χ4v) is 8.90. The zero-order chi connectivity index (χ0) is 38.6. The van der Waals surface area contributed by atoms with Crippen molar-refractivity contribution in [3.63, 3.8) is 0 Å². The van der Waals surface area contributed by atoms with Crippen LogP contribution >= 0.6 is 0 Å². The number of ether oxygens (including phenoxy) is 2. The highest BCUT2D eigenvalue weighted by Gasteiger charge is 2.40. The second-order valence-corrected chi connectivity index (χ2v) is 16.0. The highest BCUT2D eigenvalue weighted by molar-refractivity contribution is 5.99. The van der Waals surface area contributed by atoms with Gasteiger partial charge >= 0.3 is 12.1 Å². The Morgan fingerprint density at radius 2 is 1.71 bits per heavy atom. The molecular formula is C40H52N6O9. The molecule has 3 heterocycles. The van der Waals surface area contributed by atoms with E-state index in [0.717, 1.165) is 37.2 Å². The average Bonchev–Trinajstić information content (AvgIpc) is 3.94. The molecule has 7 rings (SSSR count). The van der Waals surface area contributed by atoms with Crippen LogP contribution in [0.3, 0.4) is 0 Å². The van der Waals surface area contributed by atoms with E-state index in [1.807, 2.05) is 13.0 Å². The van der Waals surface area contributed by atoms with E-state index in [1.165, 1.54) is 35.1 Å². The van der Waals surface area contributed by atoms with E-state index >= 15 is 0 Å². The summed E-state index contributed by atoms with van der Waals surface area (Å²) < 4.78 is 11.7. The van der Waals surface area contributed by atoms with Crippen molar-refractivity contribution in [3.05, 3.63) is 35.5 Å². The van der Waals surface area contributed by atoms with Crippen molar-refractivity contribution < 1.29 is 43.3 Å². The lowest BCUT2D eigenvalue weighted by Crippen LogP contribution is -2.55. The van der Waals surface area contributed by atoms with E-state index in [2.05, 4.69) is 15.6 Å². The molecule has 1 unspecified atom stereocenters. The molecule has 55 heavy (non-hydrogen) atoms. The van der Waals surface area contributed by atoms with Gasteiger partial charge in [-0.3, -0.25) is 24.0 Å². The predicted molar refractivity (Wildman–Crippen MR) is 199 cm³/mol. The monoisotopic (exact) mass is 760 g/mol. The van der Waals surface area contributed by atoms with Crippen LogP contribution in [-0.2, 0) is 23.9 Å². The summed E-state index contributed by atoms with van der Waals surface area (Å²) in [5.41, 5.74) is 1.28. The third-order valence-electron chi connectivity index (χ3n) is 12.3. The molecule has 3 aliphatic carbocycles. The second kappa shape index (κ2) is 16.8. The SMILES string of the molecule is Cc1ccc2c(OCC(=O)N3CCC[C@H]3C(=O)NC3CCC3)cc(C(=O)N[C@@H](CCC(=O)OCC3C[C@H]4CC[C@@H]3C4)C(=O)N3CCN(C(=O)O)CC3)nc2c1. The van der Waals surface area contributed by atoms with Crippen LogP contribution in [0.5, 0.6) is 5.75 Å². The van der Waals surface area contributed by atoms with Crippen LogP contribution in [0.2, 0.25) is 0 Å². The average molecular weight is 761 g/mol. The molecule has 5 atom stereocenters. The summed E-state index contributed by atoms with van der Waals surface area (Å²) in [6, 6.07) is 5.40. The first kappa shape index (κ1) is 38.3. The molecule has 3 saturated carbocycles. The maximum atomic E-state index is 13.9. The summed E-state index contributed by atoms with van der Waals surface area (Å²) >= 11 is 0. The number of rotatable bonds is 13. The zero-order valence-corrected chi connectivity index (χ0v) is 31.5. The van der Waals surface area contributed by atoms with Crippen molar-refractivity contribution in [1.82, 2.24) is 30.3 Å². The van der Waals surface area contributed by atoms with Crippen LogP contribution in [0.15, 0.2) is 24.3 Å². The fraction of sp³-hybridized carbons (Fsp3) is 0.625. The quantitative estimate of drug-likeness (QED) is 0.256. The maximum absolute atomic E-state index is 13.9. The van der Waals surface area contributed by atoms with Gasteiger partial charge in [-0.15, -0.1) is 0 Å². The molecule has 2 bridgehead atoms. The van der Waals surface area contributed by atoms with Gasteiger partial charge in [0, 0.05) is 56.6 Å². The lowest BCUT2D eigenvalue weighted by Gasteiger charge is -2.35. The van der Waals surface area contributed by atoms with E-state index in [4.69, 9.17) is 9.47 Å². The number of pyridine rings is 1. The first-order chi connectivity index (χ1) is 26.5. The standard InChI is InChI=1S/C40H52N6O9/c1-24-7-10-29-31(18-24)42-32(21-34(29)54-23-35(47)46-13-3-6-33(46)38(50)41-28-4-2-5-28)37(49)43-30(39(51)44-14-16-45(17-15-44)40(52)53)11-12-36(48)55-22-27-20-25-8-9-26(27)19-25/h7,10,18,21,25-28,30,33H,2-6,8-9,11-17,19-20,22-23H2,1H3,(H,41,50)(H,43,49)(H,52,53)/t25-,26+,27?,30-,33-/m0/s1. The maximum Gasteiger partial charge on any atom is 0.407 e. The zero-order valence-electron chi connectivity index (χ0n) is 31.5. The first-order valence-corrected chi connectivity index (χ1v) is 19.9. The number of piperazine rings is 1. The minimum atomic E-state index is -1.11. The third-order valence-corrected chi connectivity index (χ3v) is 12.3. The second-order valence-electron chi connectivity index (χ2n) is 16.0. The van der Waals surface area contributed by atoms with Crippen molar-refractivity contribution in [1.29, 1.82) is 0 Å². The van der Waals surface area contributed by atoms with Gasteiger partial charge in [0.05, 0.1) is 12.1 Å². The smallest absolute Gasteiger partial charge is 0.407 e. The normalized spacial score (nSPS) is 24.0. The molecule has 0 radical (unpaired) electrons. The molecule has 5 amide bonds. The van der Waals surface area contributed by atoms with Crippen LogP contribution in [0.1, 0.15) is 86.7 Å². The Kier molecular flexibility index (Phi) is 11.7. The molecule has 5 fully saturated rings. The Bertz CT molecular complexity index is 1810. The van der Waals surface area contributed by atoms with Gasteiger partial charge in [-0.2, -0.15) is 0 Å². The first-order valence-electron chi connectivity index (χ1n) is 19.9. The topological polar surface area (TPSA) is 188 Å². The van der Waals surface area contributed by atoms with Gasteiger partial charge in [-0.25, -0.2) is 9.78 Å². The summed E-state index contributed by atoms with van der Waals surface area (Å²) in [6.45, 7) is 2.88. The lowest BCUT2D eigenvalue weighted by atomic mass is 9.89. The number of likely N-dealkylation sites (tertiary alicyclic amines) is 1. The number of carboxylic acid groups (broad SMARTS) is 1. The Morgan fingerprint density at radius 1 is 0.927 bits per heavy atom. The third kappa shape index (κ3) is 8.97. The van der Waals surface area contributed by atoms with Crippen LogP contribution in [-0.4, -0.2) is 125 Å². The highest BCUT2D eigenvalue weighted by Crippen LogP contribution is 2.48. The van der Waals surface area contributed by atoms with Gasteiger partial charge in [-0.1, -0.05) is 12.5 Å². The van der Waals surface area contributed by atoms with E-state index in [1.54, 1.807) is 17.0 Å². The Hall–Kier alpha value is -4.95. The van der Waals surface area contributed by atoms with Crippen LogP contribution in [0, 0.1) is 24.7 Å². The van der Waals surface area contributed by atoms with Crippen molar-refractivity contribution in [2.75, 3.05) is 45.9 Å². The number of hydrogen-bond donors (Lipinski definition) is 3. The number of amides is 5. The van der Waals surface area contributed by atoms with Gasteiger partial charge < -0.3 is 39.9 Å². The number of carbonyl (C=O) groups is 6. The molecule has 3 N–H and O–H groups in total. The molecule has 15 heteroatoms. The molecule has 2 aromatic rings. The lowest BCUT2D eigenvalue weighted by molar-refractivity contribution is -0.146. The number of carbonyl (C=O) groups excluding carboxylic acids is 5. The van der Waals surface area contributed by atoms with Crippen LogP contribution in [0.25, 0.3) is 10.9 Å². The molecule has 1 aromatic carbocycles. The largest absolute Gasteiger partial charge is 0.483 e. The van der Waals surface area contributed by atoms with Gasteiger partial charge in [0.2, 0.25) is 11.8 Å². The predicted octanol–water partition coefficient (Wildman–Crippen LogP) is 3.26. The Labute approximate surface area is 320 Å². The summed E-state index contributed by atoms with van der Waals surface area (Å²) in [5.74, 6) is -0.0885. The molecule has 0 spiro atoms. The van der Waals surface area contributed by atoms with Gasteiger partial charge in [0.25, 0.3) is 11.8 Å². The fourth-order valence-electron chi connectivity index (χ4n) is 8.90. The van der Waals surface area contributed by atoms with Crippen molar-refractivity contribution in [3.8, 4) is 5.75 Å². The summed E-state index contributed by atoms with van der Waals surface area (Å²) in [7, 11) is 0. The van der Waals surface area contributed by atoms with Crippen molar-refractivity contribution >= 4 is 46.6 Å². The number of nitrogens with zero attached hydrogens (tertiary/aromatic N) is 4. The molecule has 2 aliphatic heterocycles. The number of nitrogens with one attached hydrogen (secondary N) is 2. The molecule has 1 aromatic heterocycles. The summed E-state index contributed by atoms with van der Waals surface area (Å²) in [6.07, 6.45) is 7.80. The highest BCUT2D eigenvalue weighted by atomic mass is 16.5. The minimum absolute atomic E-state index is 0.0187. The van der Waals surface area contributed by atoms with E-state index < -0.39 is 36.0 Å². The molecule has 15 nitrogen and oxygen atoms in total. The van der Waals surface area contributed by atoms with Gasteiger partial charge in [0.15, 0.2) is 6.61 Å². The van der Waals surface area contributed by atoms with E-state index in [9.17, 15) is 33.9 Å². The molecular weight excluding hydrogens is 708 g/mol. The number of benzene rings is 1. The number of esters is 1. The Balaban J connectivity index is 1.04. The van der Waals surface area contributed by atoms with Gasteiger partial charge in [-0.05, 0) is 100 Å². The minimum Gasteiger partial charge on any atom is -0.483 e. The molecule has 296 valence electrons. The van der Waals surface area contributed by atoms with E-state index in [-0.39, 0.29) is 74.9 Å². The summed E-state index contributed by atoms with van der Waals surface area (Å²) in [4.78, 5) is 87.5. The Morgan fingerprint density at radius 3 is 2.40 bits per heavy atom. The van der Waals surface area contributed by atoms with Gasteiger partial charge in [0.1, 0.15) is 23.5 Å². The number of hydrogen-bond acceptors (Lipinski definition) is 9.